The first-order valence-corrected chi connectivity index (χ1v) is 6.64. The van der Waals surface area contributed by atoms with Gasteiger partial charge >= 0.3 is 0 Å². The molecule has 0 aliphatic carbocycles. The van der Waals surface area contributed by atoms with Gasteiger partial charge in [-0.1, -0.05) is 22.0 Å². The molecular formula is C15H13BrF2O. The second-order valence-corrected chi connectivity index (χ2v) is 5.31. The van der Waals surface area contributed by atoms with Crippen LogP contribution in [0, 0.1) is 18.6 Å². The predicted molar refractivity (Wildman–Crippen MR) is 73.9 cm³/mol. The third-order valence-corrected chi connectivity index (χ3v) is 3.79. The molecular weight excluding hydrogens is 314 g/mol. The van der Waals surface area contributed by atoms with Crippen molar-refractivity contribution in [1.82, 2.24) is 0 Å². The zero-order valence-electron chi connectivity index (χ0n) is 10.3. The van der Waals surface area contributed by atoms with Gasteiger partial charge in [-0.15, -0.1) is 0 Å². The highest BCUT2D eigenvalue weighted by Crippen LogP contribution is 2.26. The maximum Gasteiger partial charge on any atom is 0.123 e. The summed E-state index contributed by atoms with van der Waals surface area (Å²) in [4.78, 5) is 0. The fourth-order valence-electron chi connectivity index (χ4n) is 2.03. The molecule has 1 N–H and O–H groups in total. The molecule has 0 amide bonds. The summed E-state index contributed by atoms with van der Waals surface area (Å²) in [5, 5.41) is 10.2. The smallest absolute Gasteiger partial charge is 0.123 e. The van der Waals surface area contributed by atoms with E-state index in [0.29, 0.717) is 16.7 Å². The van der Waals surface area contributed by atoms with E-state index in [1.54, 1.807) is 19.1 Å². The van der Waals surface area contributed by atoms with Crippen molar-refractivity contribution in [3.8, 4) is 0 Å². The molecule has 1 atom stereocenters. The molecule has 1 unspecified atom stereocenters. The maximum atomic E-state index is 13.2. The normalized spacial score (nSPS) is 12.5. The van der Waals surface area contributed by atoms with Crippen LogP contribution < -0.4 is 0 Å². The van der Waals surface area contributed by atoms with Crippen molar-refractivity contribution in [2.75, 3.05) is 0 Å². The van der Waals surface area contributed by atoms with Crippen LogP contribution in [0.5, 0.6) is 0 Å². The van der Waals surface area contributed by atoms with Crippen molar-refractivity contribution in [1.29, 1.82) is 0 Å². The van der Waals surface area contributed by atoms with E-state index in [9.17, 15) is 13.9 Å². The van der Waals surface area contributed by atoms with Crippen LogP contribution in [0.3, 0.4) is 0 Å². The van der Waals surface area contributed by atoms with Crippen LogP contribution in [0.25, 0.3) is 0 Å². The van der Waals surface area contributed by atoms with Gasteiger partial charge in [0.1, 0.15) is 11.6 Å². The first-order valence-electron chi connectivity index (χ1n) is 5.85. The number of aliphatic hydroxyl groups excluding tert-OH is 1. The zero-order chi connectivity index (χ0) is 14.0. The van der Waals surface area contributed by atoms with Crippen LogP contribution in [0.15, 0.2) is 40.9 Å². The highest BCUT2D eigenvalue weighted by atomic mass is 79.9. The summed E-state index contributed by atoms with van der Waals surface area (Å²) < 4.78 is 26.9. The van der Waals surface area contributed by atoms with E-state index in [0.717, 1.165) is 4.47 Å². The number of rotatable bonds is 3. The van der Waals surface area contributed by atoms with Gasteiger partial charge in [0.2, 0.25) is 0 Å². The molecule has 0 heterocycles. The summed E-state index contributed by atoms with van der Waals surface area (Å²) in [5.41, 5.74) is 2.01. The number of hydrogen-bond acceptors (Lipinski definition) is 1. The van der Waals surface area contributed by atoms with Crippen molar-refractivity contribution in [3.05, 3.63) is 69.2 Å². The lowest BCUT2D eigenvalue weighted by Gasteiger charge is -2.15. The summed E-state index contributed by atoms with van der Waals surface area (Å²) in [6.07, 6.45) is -0.524. The van der Waals surface area contributed by atoms with E-state index in [-0.39, 0.29) is 18.1 Å². The predicted octanol–water partition coefficient (Wildman–Crippen LogP) is 4.31. The number of aryl methyl sites for hydroxylation is 1. The van der Waals surface area contributed by atoms with E-state index in [1.165, 1.54) is 24.3 Å². The Labute approximate surface area is 119 Å². The Morgan fingerprint density at radius 2 is 1.74 bits per heavy atom. The first kappa shape index (κ1) is 14.2. The Morgan fingerprint density at radius 1 is 1.11 bits per heavy atom. The Bertz CT molecular complexity index is 599. The van der Waals surface area contributed by atoms with Gasteiger partial charge in [0.15, 0.2) is 0 Å². The third-order valence-electron chi connectivity index (χ3n) is 3.01. The van der Waals surface area contributed by atoms with E-state index in [4.69, 9.17) is 0 Å². The van der Waals surface area contributed by atoms with Crippen LogP contribution in [-0.2, 0) is 6.42 Å². The Hall–Kier alpha value is -1.26. The highest BCUT2D eigenvalue weighted by molar-refractivity contribution is 9.10. The minimum Gasteiger partial charge on any atom is -0.388 e. The Morgan fingerprint density at radius 3 is 2.42 bits per heavy atom. The molecule has 0 fully saturated rings. The second kappa shape index (κ2) is 5.80. The minimum atomic E-state index is -0.793. The molecule has 0 saturated carbocycles. The van der Waals surface area contributed by atoms with E-state index < -0.39 is 6.10 Å². The summed E-state index contributed by atoms with van der Waals surface area (Å²) in [6, 6.07) is 8.58. The number of halogens is 3. The average molecular weight is 327 g/mol. The molecule has 2 aromatic rings. The van der Waals surface area contributed by atoms with Gasteiger partial charge in [0.25, 0.3) is 0 Å². The average Bonchev–Trinajstić information content (AvgIpc) is 2.33. The van der Waals surface area contributed by atoms with Crippen LogP contribution >= 0.6 is 15.9 Å². The lowest BCUT2D eigenvalue weighted by Crippen LogP contribution is -2.05. The van der Waals surface area contributed by atoms with E-state index in [2.05, 4.69) is 15.9 Å². The quantitative estimate of drug-likeness (QED) is 0.891. The summed E-state index contributed by atoms with van der Waals surface area (Å²) in [6.45, 7) is 1.74. The Kier molecular flexibility index (Phi) is 4.32. The number of hydrogen-bond donors (Lipinski definition) is 1. The molecule has 19 heavy (non-hydrogen) atoms. The zero-order valence-corrected chi connectivity index (χ0v) is 11.9. The van der Waals surface area contributed by atoms with Gasteiger partial charge in [-0.3, -0.25) is 0 Å². The SMILES string of the molecule is Cc1cc(F)ccc1C(O)Cc1cc(F)ccc1Br. The molecule has 0 aliphatic rings. The molecule has 0 bridgehead atoms. The topological polar surface area (TPSA) is 20.2 Å². The van der Waals surface area contributed by atoms with Gasteiger partial charge in [-0.2, -0.15) is 0 Å². The van der Waals surface area contributed by atoms with Crippen LogP contribution in [0.1, 0.15) is 22.8 Å². The maximum absolute atomic E-state index is 13.2. The molecule has 4 heteroatoms. The molecule has 0 saturated heterocycles. The molecule has 100 valence electrons. The minimum absolute atomic E-state index is 0.269. The van der Waals surface area contributed by atoms with Crippen molar-refractivity contribution in [3.63, 3.8) is 0 Å². The van der Waals surface area contributed by atoms with Crippen LogP contribution in [-0.4, -0.2) is 5.11 Å². The molecule has 0 radical (unpaired) electrons. The summed E-state index contributed by atoms with van der Waals surface area (Å²) in [5.74, 6) is -0.679. The van der Waals surface area contributed by atoms with Gasteiger partial charge < -0.3 is 5.11 Å². The van der Waals surface area contributed by atoms with Gasteiger partial charge in [0.05, 0.1) is 6.10 Å². The number of benzene rings is 2. The van der Waals surface area contributed by atoms with Crippen LogP contribution in [0.2, 0.25) is 0 Å². The summed E-state index contributed by atoms with van der Waals surface area (Å²) in [7, 11) is 0. The van der Waals surface area contributed by atoms with Crippen molar-refractivity contribution in [2.45, 2.75) is 19.4 Å². The second-order valence-electron chi connectivity index (χ2n) is 4.46. The van der Waals surface area contributed by atoms with Gasteiger partial charge in [-0.25, -0.2) is 8.78 Å². The van der Waals surface area contributed by atoms with E-state index in [1.807, 2.05) is 0 Å². The van der Waals surface area contributed by atoms with Gasteiger partial charge in [-0.05, 0) is 53.9 Å². The lowest BCUT2D eigenvalue weighted by atomic mass is 9.97. The first-order chi connectivity index (χ1) is 8.97. The molecule has 2 aromatic carbocycles. The molecule has 2 rings (SSSR count). The largest absolute Gasteiger partial charge is 0.388 e. The lowest BCUT2D eigenvalue weighted by molar-refractivity contribution is 0.177. The summed E-state index contributed by atoms with van der Waals surface area (Å²) >= 11 is 3.32. The Balaban J connectivity index is 2.25. The van der Waals surface area contributed by atoms with Crippen molar-refractivity contribution < 1.29 is 13.9 Å². The molecule has 0 aliphatic heterocycles. The van der Waals surface area contributed by atoms with Crippen molar-refractivity contribution >= 4 is 15.9 Å². The fourth-order valence-corrected chi connectivity index (χ4v) is 2.44. The molecule has 1 nitrogen and oxygen atoms in total. The van der Waals surface area contributed by atoms with Gasteiger partial charge in [0, 0.05) is 10.9 Å². The standard InChI is InChI=1S/C15H13BrF2O/c1-9-6-11(17)2-4-13(9)15(19)8-10-7-12(18)3-5-14(10)16/h2-7,15,19H,8H2,1H3. The van der Waals surface area contributed by atoms with E-state index >= 15 is 0 Å². The third kappa shape index (κ3) is 3.39. The van der Waals surface area contributed by atoms with Crippen molar-refractivity contribution in [2.24, 2.45) is 0 Å². The molecule has 0 spiro atoms. The van der Waals surface area contributed by atoms with Crippen LogP contribution in [0.4, 0.5) is 8.78 Å². The monoisotopic (exact) mass is 326 g/mol. The fraction of sp³-hybridized carbons (Fsp3) is 0.200. The number of aliphatic hydroxyl groups is 1. The highest BCUT2D eigenvalue weighted by Gasteiger charge is 2.14. The molecule has 0 aromatic heterocycles.